The summed E-state index contributed by atoms with van der Waals surface area (Å²) in [6.07, 6.45) is 4.42. The Labute approximate surface area is 141 Å². The zero-order chi connectivity index (χ0) is 15.1. The Bertz CT molecular complexity index is 583. The predicted octanol–water partition coefficient (Wildman–Crippen LogP) is -0.286. The number of carbonyl (C=O) groups excluding carboxylic acids is 1. The van der Waals surface area contributed by atoms with Crippen LogP contribution in [0.25, 0.3) is 0 Å². The van der Waals surface area contributed by atoms with Gasteiger partial charge in [-0.15, -0.1) is 0 Å². The molecule has 0 spiro atoms. The maximum atomic E-state index is 11.9. The first-order chi connectivity index (χ1) is 10.2. The second-order valence-corrected chi connectivity index (χ2v) is 4.87. The number of amides is 1. The summed E-state index contributed by atoms with van der Waals surface area (Å²) in [6, 6.07) is 11.5. The van der Waals surface area contributed by atoms with Crippen LogP contribution in [0.3, 0.4) is 0 Å². The number of ether oxygens (including phenoxy) is 1. The fourth-order valence-electron chi connectivity index (χ4n) is 1.94. The van der Waals surface area contributed by atoms with Crippen molar-refractivity contribution < 1.29 is 31.1 Å². The molecule has 0 fully saturated rings. The number of rotatable bonds is 6. The van der Waals surface area contributed by atoms with E-state index in [1.54, 1.807) is 0 Å². The molecule has 1 aromatic heterocycles. The van der Waals surface area contributed by atoms with Crippen molar-refractivity contribution in [3.63, 3.8) is 0 Å². The predicted molar refractivity (Wildman–Crippen MR) is 82.2 cm³/mol. The second-order valence-electron chi connectivity index (χ2n) is 4.87. The third-order valence-electron chi connectivity index (χ3n) is 3.10. The molecule has 118 valence electrons. The van der Waals surface area contributed by atoms with Gasteiger partial charge in [0.15, 0.2) is 18.9 Å². The average Bonchev–Trinajstić information content (AvgIpc) is 2.49. The van der Waals surface area contributed by atoms with Gasteiger partial charge < -0.3 is 27.0 Å². The molecule has 0 aliphatic heterocycles. The summed E-state index contributed by atoms with van der Waals surface area (Å²) in [6.45, 7) is 5.30. The smallest absolute Gasteiger partial charge is 0.230 e. The van der Waals surface area contributed by atoms with Gasteiger partial charge in [-0.25, -0.2) is 4.57 Å². The molecule has 1 N–H and O–H groups in total. The Kier molecular flexibility index (Phi) is 7.60. The number of nitrogens with one attached hydrogen (secondary N) is 1. The van der Waals surface area contributed by atoms with E-state index < -0.39 is 0 Å². The van der Waals surface area contributed by atoms with E-state index in [2.05, 4.69) is 5.32 Å². The number of benzene rings is 1. The molecule has 0 radical (unpaired) electrons. The summed E-state index contributed by atoms with van der Waals surface area (Å²) in [5.41, 5.74) is 2.00. The van der Waals surface area contributed by atoms with E-state index in [0.29, 0.717) is 19.6 Å². The highest BCUT2D eigenvalue weighted by Gasteiger charge is 2.07. The Morgan fingerprint density at radius 1 is 1.14 bits per heavy atom. The Morgan fingerprint density at radius 2 is 1.77 bits per heavy atom. The van der Waals surface area contributed by atoms with Gasteiger partial charge in [0.2, 0.25) is 5.91 Å². The van der Waals surface area contributed by atoms with Gasteiger partial charge in [-0.1, -0.05) is 0 Å². The molecular formula is C17H21BrN2O2. The molecule has 22 heavy (non-hydrogen) atoms. The number of aryl methyl sites for hydroxylation is 2. The van der Waals surface area contributed by atoms with Crippen molar-refractivity contribution in [3.05, 3.63) is 54.4 Å². The summed E-state index contributed by atoms with van der Waals surface area (Å²) in [7, 11) is 0. The first kappa shape index (κ1) is 18.2. The highest BCUT2D eigenvalue weighted by molar-refractivity contribution is 5.90. The van der Waals surface area contributed by atoms with Crippen LogP contribution < -0.4 is 31.6 Å². The maximum absolute atomic E-state index is 11.9. The Hall–Kier alpha value is -1.88. The number of carbonyl (C=O) groups is 1. The largest absolute Gasteiger partial charge is 1.00 e. The lowest BCUT2D eigenvalue weighted by molar-refractivity contribution is -0.695. The van der Waals surface area contributed by atoms with Crippen LogP contribution in [-0.4, -0.2) is 12.5 Å². The highest BCUT2D eigenvalue weighted by atomic mass is 79.9. The topological polar surface area (TPSA) is 42.2 Å². The van der Waals surface area contributed by atoms with Crippen molar-refractivity contribution in [2.24, 2.45) is 0 Å². The normalized spacial score (nSPS) is 9.73. The SMILES string of the molecule is CCOc1ccc(NC(=O)CC[n+]2ccc(C)cc2)cc1.[Br-]. The second kappa shape index (κ2) is 9.20. The van der Waals surface area contributed by atoms with Crippen molar-refractivity contribution >= 4 is 11.6 Å². The minimum absolute atomic E-state index is 0. The van der Waals surface area contributed by atoms with E-state index in [9.17, 15) is 4.79 Å². The monoisotopic (exact) mass is 364 g/mol. The highest BCUT2D eigenvalue weighted by Crippen LogP contribution is 2.15. The summed E-state index contributed by atoms with van der Waals surface area (Å²) in [5, 5.41) is 2.89. The van der Waals surface area contributed by atoms with Crippen molar-refractivity contribution in [3.8, 4) is 5.75 Å². The Morgan fingerprint density at radius 3 is 2.36 bits per heavy atom. The number of hydrogen-bond donors (Lipinski definition) is 1. The van der Waals surface area contributed by atoms with Crippen molar-refractivity contribution in [2.75, 3.05) is 11.9 Å². The third kappa shape index (κ3) is 5.85. The fourth-order valence-corrected chi connectivity index (χ4v) is 1.94. The van der Waals surface area contributed by atoms with Crippen molar-refractivity contribution in [1.29, 1.82) is 0 Å². The summed E-state index contributed by atoms with van der Waals surface area (Å²) in [4.78, 5) is 11.9. The minimum atomic E-state index is 0. The molecule has 0 aliphatic carbocycles. The number of hydrogen-bond acceptors (Lipinski definition) is 2. The van der Waals surface area contributed by atoms with Gasteiger partial charge in [0.05, 0.1) is 13.0 Å². The fraction of sp³-hybridized carbons (Fsp3) is 0.294. The van der Waals surface area contributed by atoms with Gasteiger partial charge >= 0.3 is 0 Å². The van der Waals surface area contributed by atoms with E-state index >= 15 is 0 Å². The number of aromatic nitrogens is 1. The van der Waals surface area contributed by atoms with Gasteiger partial charge in [-0.3, -0.25) is 4.79 Å². The lowest BCUT2D eigenvalue weighted by Gasteiger charge is -2.06. The van der Waals surface area contributed by atoms with E-state index in [-0.39, 0.29) is 22.9 Å². The Balaban J connectivity index is 0.00000242. The molecule has 1 amide bonds. The van der Waals surface area contributed by atoms with E-state index in [1.165, 1.54) is 5.56 Å². The zero-order valence-electron chi connectivity index (χ0n) is 12.9. The molecule has 1 aromatic carbocycles. The van der Waals surface area contributed by atoms with E-state index in [0.717, 1.165) is 11.4 Å². The van der Waals surface area contributed by atoms with Crippen LogP contribution in [0.4, 0.5) is 5.69 Å². The van der Waals surface area contributed by atoms with Gasteiger partial charge in [0, 0.05) is 17.8 Å². The molecular weight excluding hydrogens is 344 g/mol. The van der Waals surface area contributed by atoms with Crippen LogP contribution in [0.15, 0.2) is 48.8 Å². The van der Waals surface area contributed by atoms with Gasteiger partial charge in [-0.05, 0) is 43.7 Å². The van der Waals surface area contributed by atoms with Crippen LogP contribution in [0.1, 0.15) is 18.9 Å². The molecule has 0 bridgehead atoms. The van der Waals surface area contributed by atoms with Crippen LogP contribution in [0.5, 0.6) is 5.75 Å². The zero-order valence-corrected chi connectivity index (χ0v) is 14.5. The molecule has 0 saturated heterocycles. The van der Waals surface area contributed by atoms with E-state index in [1.807, 2.05) is 67.2 Å². The first-order valence-electron chi connectivity index (χ1n) is 7.16. The molecule has 4 nitrogen and oxygen atoms in total. The van der Waals surface area contributed by atoms with Crippen molar-refractivity contribution in [2.45, 2.75) is 26.8 Å². The molecule has 0 aliphatic rings. The van der Waals surface area contributed by atoms with Crippen LogP contribution in [0.2, 0.25) is 0 Å². The molecule has 0 saturated carbocycles. The lowest BCUT2D eigenvalue weighted by atomic mass is 10.3. The number of nitrogens with zero attached hydrogens (tertiary/aromatic N) is 1. The van der Waals surface area contributed by atoms with Crippen LogP contribution in [0, 0.1) is 6.92 Å². The minimum Gasteiger partial charge on any atom is -1.00 e. The molecule has 0 atom stereocenters. The molecule has 5 heteroatoms. The number of halogens is 1. The molecule has 2 aromatic rings. The summed E-state index contributed by atoms with van der Waals surface area (Å²) in [5.74, 6) is 0.818. The third-order valence-corrected chi connectivity index (χ3v) is 3.10. The summed E-state index contributed by atoms with van der Waals surface area (Å²) < 4.78 is 7.37. The molecule has 0 unspecified atom stereocenters. The maximum Gasteiger partial charge on any atom is 0.230 e. The quantitative estimate of drug-likeness (QED) is 0.716. The van der Waals surface area contributed by atoms with Gasteiger partial charge in [-0.2, -0.15) is 0 Å². The first-order valence-corrected chi connectivity index (χ1v) is 7.16. The number of pyridine rings is 1. The van der Waals surface area contributed by atoms with Gasteiger partial charge in [0.25, 0.3) is 0 Å². The summed E-state index contributed by atoms with van der Waals surface area (Å²) >= 11 is 0. The van der Waals surface area contributed by atoms with Crippen molar-refractivity contribution in [1.82, 2.24) is 0 Å². The number of anilines is 1. The van der Waals surface area contributed by atoms with Crippen LogP contribution in [-0.2, 0) is 11.3 Å². The average molecular weight is 365 g/mol. The lowest BCUT2D eigenvalue weighted by Crippen LogP contribution is -3.00. The molecule has 1 heterocycles. The van der Waals surface area contributed by atoms with Crippen LogP contribution >= 0.6 is 0 Å². The van der Waals surface area contributed by atoms with Gasteiger partial charge in [0.1, 0.15) is 5.75 Å². The standard InChI is InChI=1S/C17H20N2O2.BrH/c1-3-21-16-6-4-15(5-7-16)18-17(20)10-13-19-11-8-14(2)9-12-19;/h4-9,11-12H,3,10,13H2,1-2H3;1H. The molecule has 2 rings (SSSR count). The van der Waals surface area contributed by atoms with E-state index in [4.69, 9.17) is 4.74 Å².